The molecule has 7 N–H and O–H groups in total. The van der Waals surface area contributed by atoms with Gasteiger partial charge in [-0.2, -0.15) is 4.98 Å². The fourth-order valence-corrected chi connectivity index (χ4v) is 3.38. The molecule has 0 aliphatic carbocycles. The Hall–Kier alpha value is -5.41. The molecule has 3 heterocycles. The van der Waals surface area contributed by atoms with Crippen molar-refractivity contribution in [2.75, 3.05) is 11.1 Å². The number of hydrogen-bond donors (Lipinski definition) is 6. The second-order valence-electron chi connectivity index (χ2n) is 7.75. The van der Waals surface area contributed by atoms with Crippen molar-refractivity contribution < 1.29 is 24.6 Å². The number of carboxylic acids is 2. The van der Waals surface area contributed by atoms with E-state index in [-0.39, 0.29) is 29.2 Å². The second kappa shape index (κ2) is 10.5. The van der Waals surface area contributed by atoms with Gasteiger partial charge in [0.2, 0.25) is 5.95 Å². The number of rotatable bonds is 10. The van der Waals surface area contributed by atoms with E-state index >= 15 is 0 Å². The van der Waals surface area contributed by atoms with E-state index in [0.29, 0.717) is 11.4 Å². The molecule has 1 amide bonds. The van der Waals surface area contributed by atoms with Crippen LogP contribution in [0, 0.1) is 0 Å². The smallest absolute Gasteiger partial charge is 0.328 e. The average molecular weight is 508 g/mol. The molecule has 0 aliphatic rings. The van der Waals surface area contributed by atoms with E-state index < -0.39 is 41.9 Å². The maximum Gasteiger partial charge on any atom is 0.328 e. The van der Waals surface area contributed by atoms with Crippen LogP contribution in [-0.4, -0.2) is 69.0 Å². The molecule has 16 heteroatoms. The highest BCUT2D eigenvalue weighted by atomic mass is 16.4. The van der Waals surface area contributed by atoms with Crippen molar-refractivity contribution in [3.8, 4) is 0 Å². The molecule has 0 fully saturated rings. The molecule has 1 aromatic carbocycles. The lowest BCUT2D eigenvalue weighted by Crippen LogP contribution is -2.43. The largest absolute Gasteiger partial charge is 0.480 e. The normalized spacial score (nSPS) is 12.5. The number of aromatic nitrogens is 7. The summed E-state index contributed by atoms with van der Waals surface area (Å²) >= 11 is 0. The van der Waals surface area contributed by atoms with Gasteiger partial charge in [-0.15, -0.1) is 5.10 Å². The van der Waals surface area contributed by atoms with Crippen LogP contribution in [0.15, 0.2) is 47.7 Å². The van der Waals surface area contributed by atoms with Crippen LogP contribution in [0.1, 0.15) is 28.5 Å². The third kappa shape index (κ3) is 5.81. The van der Waals surface area contributed by atoms with E-state index in [1.165, 1.54) is 30.7 Å². The van der Waals surface area contributed by atoms with E-state index in [9.17, 15) is 29.4 Å². The number of nitrogen functional groups attached to an aromatic ring is 1. The minimum absolute atomic E-state index is 0.0439. The number of nitrogens with one attached hydrogen (secondary N) is 3. The van der Waals surface area contributed by atoms with Crippen LogP contribution in [-0.2, 0) is 16.1 Å². The fourth-order valence-electron chi connectivity index (χ4n) is 3.38. The summed E-state index contributed by atoms with van der Waals surface area (Å²) in [6.07, 6.45) is 3.55. The van der Waals surface area contributed by atoms with Crippen molar-refractivity contribution in [2.24, 2.45) is 0 Å². The topological polar surface area (TPSA) is 244 Å². The van der Waals surface area contributed by atoms with Crippen molar-refractivity contribution in [1.82, 2.24) is 40.2 Å². The van der Waals surface area contributed by atoms with E-state index in [2.05, 4.69) is 40.9 Å². The zero-order valence-corrected chi connectivity index (χ0v) is 18.9. The molecule has 0 spiro atoms. The predicted molar refractivity (Wildman–Crippen MR) is 126 cm³/mol. The van der Waals surface area contributed by atoms with Gasteiger partial charge in [-0.1, -0.05) is 5.21 Å². The Kier molecular flexibility index (Phi) is 6.99. The summed E-state index contributed by atoms with van der Waals surface area (Å²) < 4.78 is 1.01. The van der Waals surface area contributed by atoms with Gasteiger partial charge in [0.25, 0.3) is 11.5 Å². The molecule has 2 atom stereocenters. The maximum absolute atomic E-state index is 12.6. The number of nitrogens with two attached hydrogens (primary N) is 1. The van der Waals surface area contributed by atoms with E-state index in [0.717, 1.165) is 4.68 Å². The SMILES string of the molecule is Nc1nc2ncc(CNc3ccc(C(=O)NC(CC(C(=O)O)n4ccnn4)C(=O)O)cc3)nc2c(=O)[nH]1. The number of anilines is 2. The van der Waals surface area contributed by atoms with E-state index in [1.807, 2.05) is 0 Å². The summed E-state index contributed by atoms with van der Waals surface area (Å²) in [5.74, 6) is -3.48. The first-order chi connectivity index (χ1) is 17.7. The second-order valence-corrected chi connectivity index (χ2v) is 7.75. The van der Waals surface area contributed by atoms with Crippen LogP contribution < -0.4 is 21.9 Å². The van der Waals surface area contributed by atoms with Crippen molar-refractivity contribution in [2.45, 2.75) is 25.0 Å². The number of H-pyrrole nitrogens is 1. The number of amides is 1. The molecular formula is C21H20N10O6. The van der Waals surface area contributed by atoms with Gasteiger partial charge in [0.05, 0.1) is 24.6 Å². The van der Waals surface area contributed by atoms with Crippen LogP contribution in [0.25, 0.3) is 11.2 Å². The molecule has 0 saturated carbocycles. The number of benzene rings is 1. The molecule has 2 unspecified atom stereocenters. The van der Waals surface area contributed by atoms with Crippen molar-refractivity contribution in [3.05, 3.63) is 64.5 Å². The lowest BCUT2D eigenvalue weighted by molar-refractivity contribution is -0.143. The minimum atomic E-state index is -1.49. The Morgan fingerprint density at radius 3 is 2.51 bits per heavy atom. The summed E-state index contributed by atoms with van der Waals surface area (Å²) in [4.78, 5) is 62.4. The summed E-state index contributed by atoms with van der Waals surface area (Å²) in [7, 11) is 0. The Morgan fingerprint density at radius 2 is 1.86 bits per heavy atom. The van der Waals surface area contributed by atoms with Crippen molar-refractivity contribution >= 4 is 40.6 Å². The monoisotopic (exact) mass is 508 g/mol. The Balaban J connectivity index is 1.39. The van der Waals surface area contributed by atoms with Gasteiger partial charge in [-0.05, 0) is 24.3 Å². The number of hydrogen-bond acceptors (Lipinski definition) is 11. The van der Waals surface area contributed by atoms with Gasteiger partial charge >= 0.3 is 11.9 Å². The quantitative estimate of drug-likeness (QED) is 0.157. The van der Waals surface area contributed by atoms with Crippen LogP contribution in [0.4, 0.5) is 11.6 Å². The predicted octanol–water partition coefficient (Wildman–Crippen LogP) is -0.602. The standard InChI is InChI=1S/C21H20N10O6/c22-21-28-16-15(18(33)29-21)26-12(9-24-16)8-23-11-3-1-10(2-4-11)17(32)27-13(19(34)35)7-14(20(36)37)31-6-5-25-30-31/h1-6,9,13-14,23H,7-8H2,(H,27,32)(H,34,35)(H,36,37)(H3,22,24,28,29,33). The Bertz CT molecular complexity index is 1500. The van der Waals surface area contributed by atoms with Crippen LogP contribution in [0.5, 0.6) is 0 Å². The van der Waals surface area contributed by atoms with Crippen LogP contribution in [0.2, 0.25) is 0 Å². The third-order valence-electron chi connectivity index (χ3n) is 5.21. The van der Waals surface area contributed by atoms with Gasteiger partial charge in [-0.25, -0.2) is 24.2 Å². The first kappa shape index (κ1) is 24.7. The highest BCUT2D eigenvalue weighted by Crippen LogP contribution is 2.15. The Morgan fingerprint density at radius 1 is 1.11 bits per heavy atom. The maximum atomic E-state index is 12.6. The van der Waals surface area contributed by atoms with E-state index in [4.69, 9.17) is 5.73 Å². The van der Waals surface area contributed by atoms with Gasteiger partial charge < -0.3 is 26.6 Å². The summed E-state index contributed by atoms with van der Waals surface area (Å²) in [5, 5.41) is 31.5. The molecule has 37 heavy (non-hydrogen) atoms. The van der Waals surface area contributed by atoms with Gasteiger partial charge in [-0.3, -0.25) is 14.6 Å². The number of carboxylic acid groups (broad SMARTS) is 2. The zero-order valence-electron chi connectivity index (χ0n) is 18.9. The number of fused-ring (bicyclic) bond motifs is 1. The van der Waals surface area contributed by atoms with Crippen LogP contribution >= 0.6 is 0 Å². The van der Waals surface area contributed by atoms with E-state index in [1.54, 1.807) is 12.1 Å². The summed E-state index contributed by atoms with van der Waals surface area (Å²) in [6.45, 7) is 0.207. The molecule has 0 aliphatic heterocycles. The molecule has 4 rings (SSSR count). The van der Waals surface area contributed by atoms with Gasteiger partial charge in [0, 0.05) is 23.9 Å². The Labute approximate surface area is 206 Å². The molecule has 16 nitrogen and oxygen atoms in total. The first-order valence-corrected chi connectivity index (χ1v) is 10.7. The number of carbonyl (C=O) groups excluding carboxylic acids is 1. The molecule has 190 valence electrons. The molecule has 0 saturated heterocycles. The summed E-state index contributed by atoms with van der Waals surface area (Å²) in [6, 6.07) is 3.28. The summed E-state index contributed by atoms with van der Waals surface area (Å²) in [5.41, 5.74) is 6.36. The van der Waals surface area contributed by atoms with Gasteiger partial charge in [0.1, 0.15) is 6.04 Å². The van der Waals surface area contributed by atoms with Crippen LogP contribution in [0.3, 0.4) is 0 Å². The number of nitrogens with zero attached hydrogens (tertiary/aromatic N) is 6. The minimum Gasteiger partial charge on any atom is -0.480 e. The molecule has 0 radical (unpaired) electrons. The lowest BCUT2D eigenvalue weighted by Gasteiger charge is -2.19. The molecular weight excluding hydrogens is 488 g/mol. The van der Waals surface area contributed by atoms with Crippen molar-refractivity contribution in [1.29, 1.82) is 0 Å². The highest BCUT2D eigenvalue weighted by Gasteiger charge is 2.30. The molecule has 4 aromatic rings. The van der Waals surface area contributed by atoms with Gasteiger partial charge in [0.15, 0.2) is 17.2 Å². The highest BCUT2D eigenvalue weighted by molar-refractivity contribution is 5.97. The average Bonchev–Trinajstić information content (AvgIpc) is 3.39. The zero-order chi connectivity index (χ0) is 26.5. The first-order valence-electron chi connectivity index (χ1n) is 10.7. The number of carbonyl (C=O) groups is 3. The number of aliphatic carboxylic acids is 2. The lowest BCUT2D eigenvalue weighted by atomic mass is 10.1. The molecule has 0 bridgehead atoms. The number of aromatic amines is 1. The third-order valence-corrected chi connectivity index (χ3v) is 5.21. The van der Waals surface area contributed by atoms with Crippen molar-refractivity contribution in [3.63, 3.8) is 0 Å². The fraction of sp³-hybridized carbons (Fsp3) is 0.190. The molecule has 3 aromatic heterocycles.